The fraction of sp³-hybridized carbons (Fsp3) is 0. The molecule has 0 unspecified atom stereocenters. The molecule has 1 aromatic carbocycles. The van der Waals surface area contributed by atoms with Crippen LogP contribution in [0.15, 0.2) is 39.6 Å². The molecular weight excluding hydrogens is 201 g/mol. The van der Waals surface area contributed by atoms with Gasteiger partial charge < -0.3 is 0 Å². The number of hydrogen-bond donors (Lipinski definition) is 0. The van der Waals surface area contributed by atoms with E-state index in [2.05, 4.69) is 4.40 Å². The predicted octanol–water partition coefficient (Wildman–Crippen LogP) is 3.53. The summed E-state index contributed by atoms with van der Waals surface area (Å²) in [7, 11) is 0. The maximum absolute atomic E-state index is 5.32. The first-order chi connectivity index (χ1) is 5.29. The van der Waals surface area contributed by atoms with Crippen LogP contribution in [0.2, 0.25) is 0 Å². The lowest BCUT2D eigenvalue weighted by molar-refractivity contribution is 1.46. The Labute approximate surface area is 79.6 Å². The number of nitrogens with zero attached hydrogens (tertiary/aromatic N) is 1. The molecule has 1 aromatic rings. The molecule has 0 saturated carbocycles. The molecule has 0 heterocycles. The fourth-order valence-corrected chi connectivity index (χ4v) is 1.23. The molecule has 0 spiro atoms. The van der Waals surface area contributed by atoms with E-state index in [1.54, 1.807) is 0 Å². The third-order valence-corrected chi connectivity index (χ3v) is 2.09. The predicted molar refractivity (Wildman–Crippen MR) is 51.4 cm³/mol. The second kappa shape index (κ2) is 4.65. The smallest absolute Gasteiger partial charge is 0.187 e. The minimum absolute atomic E-state index is 0.0406. The maximum atomic E-state index is 5.32. The molecule has 0 atom stereocenters. The first-order valence-electron chi connectivity index (χ1n) is 2.90. The van der Waals surface area contributed by atoms with Gasteiger partial charge in [-0.25, -0.2) is 0 Å². The van der Waals surface area contributed by atoms with Crippen molar-refractivity contribution in [2.45, 2.75) is 4.90 Å². The third kappa shape index (κ3) is 3.65. The largest absolute Gasteiger partial charge is 0.204 e. The van der Waals surface area contributed by atoms with Gasteiger partial charge in [-0.1, -0.05) is 18.2 Å². The van der Waals surface area contributed by atoms with Crippen molar-refractivity contribution < 1.29 is 0 Å². The van der Waals surface area contributed by atoms with Crippen LogP contribution >= 0.6 is 35.1 Å². The molecule has 58 valence electrons. The minimum Gasteiger partial charge on any atom is -0.187 e. The quantitative estimate of drug-likeness (QED) is 0.532. The average Bonchev–Trinajstić information content (AvgIpc) is 2.03. The van der Waals surface area contributed by atoms with E-state index in [1.807, 2.05) is 30.3 Å². The standard InChI is InChI=1S/C7H5Cl2NS/c8-7(9)10-11-6-4-2-1-3-5-6/h1-5H. The van der Waals surface area contributed by atoms with E-state index in [9.17, 15) is 0 Å². The Morgan fingerprint density at radius 3 is 2.36 bits per heavy atom. The zero-order valence-corrected chi connectivity index (χ0v) is 7.83. The summed E-state index contributed by atoms with van der Waals surface area (Å²) in [5, 5.41) is 0. The van der Waals surface area contributed by atoms with Gasteiger partial charge in [-0.05, 0) is 35.3 Å². The number of hydrogen-bond acceptors (Lipinski definition) is 2. The molecule has 11 heavy (non-hydrogen) atoms. The Morgan fingerprint density at radius 2 is 1.82 bits per heavy atom. The van der Waals surface area contributed by atoms with Gasteiger partial charge in [0.1, 0.15) is 0 Å². The lowest BCUT2D eigenvalue weighted by Gasteiger charge is -1.91. The Kier molecular flexibility index (Phi) is 3.77. The average molecular weight is 206 g/mol. The van der Waals surface area contributed by atoms with Gasteiger partial charge in [-0.2, -0.15) is 4.40 Å². The van der Waals surface area contributed by atoms with Crippen LogP contribution in [0.25, 0.3) is 0 Å². The molecule has 0 aliphatic heterocycles. The summed E-state index contributed by atoms with van der Waals surface area (Å²) in [6, 6.07) is 9.67. The molecular formula is C7H5Cl2NS. The summed E-state index contributed by atoms with van der Waals surface area (Å²) < 4.78 is 3.80. The highest BCUT2D eigenvalue weighted by Gasteiger charge is 1.89. The van der Waals surface area contributed by atoms with Gasteiger partial charge in [0.15, 0.2) is 0 Å². The van der Waals surface area contributed by atoms with Gasteiger partial charge in [-0.3, -0.25) is 0 Å². The molecule has 0 saturated heterocycles. The van der Waals surface area contributed by atoms with Crippen molar-refractivity contribution >= 4 is 39.8 Å². The van der Waals surface area contributed by atoms with E-state index in [0.717, 1.165) is 4.90 Å². The van der Waals surface area contributed by atoms with Crippen LogP contribution < -0.4 is 0 Å². The lowest BCUT2D eigenvalue weighted by atomic mass is 10.4. The van der Waals surface area contributed by atoms with Gasteiger partial charge in [0.05, 0.1) is 0 Å². The van der Waals surface area contributed by atoms with Crippen molar-refractivity contribution in [2.75, 3.05) is 0 Å². The summed E-state index contributed by atoms with van der Waals surface area (Å²) >= 11 is 11.9. The topological polar surface area (TPSA) is 12.4 Å². The molecule has 4 heteroatoms. The van der Waals surface area contributed by atoms with Crippen molar-refractivity contribution in [3.8, 4) is 0 Å². The number of rotatable bonds is 2. The van der Waals surface area contributed by atoms with Gasteiger partial charge in [-0.15, -0.1) is 0 Å². The molecule has 0 bridgehead atoms. The van der Waals surface area contributed by atoms with E-state index in [-0.39, 0.29) is 4.63 Å². The first-order valence-corrected chi connectivity index (χ1v) is 4.43. The number of benzene rings is 1. The Hall–Kier alpha value is -0.180. The first kappa shape index (κ1) is 8.91. The van der Waals surface area contributed by atoms with E-state index in [1.165, 1.54) is 11.9 Å². The Morgan fingerprint density at radius 1 is 1.18 bits per heavy atom. The van der Waals surface area contributed by atoms with E-state index < -0.39 is 0 Å². The van der Waals surface area contributed by atoms with Crippen molar-refractivity contribution in [3.63, 3.8) is 0 Å². The fourth-order valence-electron chi connectivity index (χ4n) is 0.569. The Bertz CT molecular complexity index is 244. The van der Waals surface area contributed by atoms with Crippen LogP contribution in [0.3, 0.4) is 0 Å². The van der Waals surface area contributed by atoms with Crippen LogP contribution in [-0.2, 0) is 0 Å². The van der Waals surface area contributed by atoms with Gasteiger partial charge in [0.25, 0.3) is 0 Å². The molecule has 0 aliphatic rings. The van der Waals surface area contributed by atoms with Gasteiger partial charge in [0.2, 0.25) is 4.63 Å². The molecule has 1 nitrogen and oxygen atoms in total. The molecule has 0 N–H and O–H groups in total. The molecule has 0 fully saturated rings. The van der Waals surface area contributed by atoms with Gasteiger partial charge in [0, 0.05) is 16.8 Å². The second-order valence-corrected chi connectivity index (χ2v) is 3.48. The van der Waals surface area contributed by atoms with Crippen LogP contribution in [0.1, 0.15) is 0 Å². The molecule has 0 amide bonds. The molecule has 0 radical (unpaired) electrons. The van der Waals surface area contributed by atoms with Crippen molar-refractivity contribution in [1.82, 2.24) is 0 Å². The summed E-state index contributed by atoms with van der Waals surface area (Å²) in [5.41, 5.74) is 0. The highest BCUT2D eigenvalue weighted by molar-refractivity contribution is 7.98. The van der Waals surface area contributed by atoms with Crippen molar-refractivity contribution in [3.05, 3.63) is 30.3 Å². The van der Waals surface area contributed by atoms with Crippen LogP contribution in [0.5, 0.6) is 0 Å². The minimum atomic E-state index is 0.0406. The Balaban J connectivity index is 2.59. The highest BCUT2D eigenvalue weighted by Crippen LogP contribution is 2.19. The van der Waals surface area contributed by atoms with E-state index in [4.69, 9.17) is 23.2 Å². The monoisotopic (exact) mass is 205 g/mol. The maximum Gasteiger partial charge on any atom is 0.204 e. The summed E-state index contributed by atoms with van der Waals surface area (Å²) in [5.74, 6) is 0. The van der Waals surface area contributed by atoms with Crippen LogP contribution in [0.4, 0.5) is 0 Å². The lowest BCUT2D eigenvalue weighted by Crippen LogP contribution is -1.68. The summed E-state index contributed by atoms with van der Waals surface area (Å²) in [6.45, 7) is 0. The molecule has 0 aromatic heterocycles. The van der Waals surface area contributed by atoms with E-state index in [0.29, 0.717) is 0 Å². The summed E-state index contributed by atoms with van der Waals surface area (Å²) in [4.78, 5) is 1.02. The van der Waals surface area contributed by atoms with Gasteiger partial charge >= 0.3 is 0 Å². The van der Waals surface area contributed by atoms with Crippen LogP contribution in [0, 0.1) is 0 Å². The third-order valence-electron chi connectivity index (χ3n) is 0.963. The SMILES string of the molecule is ClC(Cl)=NSc1ccccc1. The normalized spacial score (nSPS) is 9.27. The van der Waals surface area contributed by atoms with Crippen molar-refractivity contribution in [2.24, 2.45) is 4.40 Å². The second-order valence-electron chi connectivity index (χ2n) is 1.74. The zero-order chi connectivity index (χ0) is 8.10. The summed E-state index contributed by atoms with van der Waals surface area (Å²) in [6.07, 6.45) is 0. The molecule has 1 rings (SSSR count). The van der Waals surface area contributed by atoms with Crippen LogP contribution in [-0.4, -0.2) is 4.63 Å². The zero-order valence-electron chi connectivity index (χ0n) is 5.50. The van der Waals surface area contributed by atoms with Crippen molar-refractivity contribution in [1.29, 1.82) is 0 Å². The highest BCUT2D eigenvalue weighted by atomic mass is 35.5. The molecule has 0 aliphatic carbocycles. The number of halogens is 2. The van der Waals surface area contributed by atoms with E-state index >= 15 is 0 Å².